The summed E-state index contributed by atoms with van der Waals surface area (Å²) in [5.41, 5.74) is 1.85. The molecule has 0 unspecified atom stereocenters. The van der Waals surface area contributed by atoms with E-state index in [0.717, 1.165) is 11.8 Å². The third-order valence-electron chi connectivity index (χ3n) is 5.48. The van der Waals surface area contributed by atoms with Gasteiger partial charge in [-0.15, -0.1) is 0 Å². The van der Waals surface area contributed by atoms with Gasteiger partial charge in [-0.05, 0) is 80.1 Å². The smallest absolute Gasteiger partial charge is 0.344 e. The third kappa shape index (κ3) is 7.04. The zero-order valence-corrected chi connectivity index (χ0v) is 23.3. The van der Waals surface area contributed by atoms with Crippen LogP contribution in [0.1, 0.15) is 29.8 Å². The van der Waals surface area contributed by atoms with Crippen LogP contribution in [-0.4, -0.2) is 41.9 Å². The zero-order chi connectivity index (χ0) is 28.6. The molecule has 0 radical (unpaired) electrons. The third-order valence-corrected chi connectivity index (χ3v) is 6.78. The van der Waals surface area contributed by atoms with Crippen molar-refractivity contribution in [3.63, 3.8) is 0 Å². The van der Waals surface area contributed by atoms with Gasteiger partial charge < -0.3 is 19.5 Å². The van der Waals surface area contributed by atoms with Crippen LogP contribution in [0.5, 0.6) is 11.5 Å². The van der Waals surface area contributed by atoms with Gasteiger partial charge in [0.15, 0.2) is 22.4 Å². The number of thiocarbonyl (C=S) groups is 1. The number of ether oxygens (including phenoxy) is 3. The van der Waals surface area contributed by atoms with Crippen molar-refractivity contribution in [2.24, 2.45) is 0 Å². The number of nitrogens with zero attached hydrogens (tertiary/aromatic N) is 1. The summed E-state index contributed by atoms with van der Waals surface area (Å²) < 4.78 is 29.6. The van der Waals surface area contributed by atoms with Crippen molar-refractivity contribution < 1.29 is 33.0 Å². The Labute approximate surface area is 240 Å². The summed E-state index contributed by atoms with van der Waals surface area (Å²) in [4.78, 5) is 39.5. The van der Waals surface area contributed by atoms with E-state index in [9.17, 15) is 18.8 Å². The van der Waals surface area contributed by atoms with Crippen LogP contribution < -0.4 is 19.7 Å². The van der Waals surface area contributed by atoms with Crippen molar-refractivity contribution in [1.82, 2.24) is 0 Å². The highest BCUT2D eigenvalue weighted by molar-refractivity contribution is 8.27. The lowest BCUT2D eigenvalue weighted by Crippen LogP contribution is -2.27. The lowest BCUT2D eigenvalue weighted by molar-refractivity contribution is -0.145. The molecule has 0 saturated carbocycles. The molecule has 0 atom stereocenters. The van der Waals surface area contributed by atoms with Crippen LogP contribution in [0.4, 0.5) is 15.8 Å². The van der Waals surface area contributed by atoms with Gasteiger partial charge in [0.2, 0.25) is 0 Å². The van der Waals surface area contributed by atoms with E-state index < -0.39 is 17.7 Å². The van der Waals surface area contributed by atoms with Gasteiger partial charge in [-0.25, -0.2) is 9.18 Å². The Morgan fingerprint density at radius 2 is 1.77 bits per heavy atom. The highest BCUT2D eigenvalue weighted by Gasteiger charge is 2.33. The largest absolute Gasteiger partial charge is 0.490 e. The number of carbonyl (C=O) groups excluding carboxylic acids is 3. The molecule has 1 heterocycles. The first-order valence-electron chi connectivity index (χ1n) is 12.3. The minimum Gasteiger partial charge on any atom is -0.490 e. The van der Waals surface area contributed by atoms with Gasteiger partial charge in [0, 0.05) is 11.3 Å². The highest BCUT2D eigenvalue weighted by Crippen LogP contribution is 2.37. The van der Waals surface area contributed by atoms with Crippen molar-refractivity contribution in [2.75, 3.05) is 30.0 Å². The van der Waals surface area contributed by atoms with Gasteiger partial charge >= 0.3 is 5.97 Å². The number of esters is 1. The van der Waals surface area contributed by atoms with Gasteiger partial charge in [0.05, 0.1) is 23.8 Å². The fourth-order valence-corrected chi connectivity index (χ4v) is 5.00. The van der Waals surface area contributed by atoms with Crippen molar-refractivity contribution >= 4 is 63.5 Å². The van der Waals surface area contributed by atoms with E-state index in [1.165, 1.54) is 29.2 Å². The number of rotatable bonds is 10. The lowest BCUT2D eigenvalue weighted by atomic mass is 10.1. The molecule has 1 aliphatic heterocycles. The van der Waals surface area contributed by atoms with E-state index in [1.54, 1.807) is 55.5 Å². The Balaban J connectivity index is 1.51. The highest BCUT2D eigenvalue weighted by atomic mass is 32.2. The van der Waals surface area contributed by atoms with Crippen LogP contribution in [0.25, 0.3) is 6.08 Å². The average molecular weight is 581 g/mol. The Hall–Kier alpha value is -4.22. The maximum atomic E-state index is 13.3. The molecule has 11 heteroatoms. The molecule has 1 N–H and O–H groups in total. The van der Waals surface area contributed by atoms with Crippen molar-refractivity contribution in [3.05, 3.63) is 88.6 Å². The topological polar surface area (TPSA) is 94.2 Å². The monoisotopic (exact) mass is 580 g/mol. The average Bonchev–Trinajstić information content (AvgIpc) is 3.22. The normalized spacial score (nSPS) is 13.9. The van der Waals surface area contributed by atoms with Crippen LogP contribution in [0.3, 0.4) is 0 Å². The first-order valence-corrected chi connectivity index (χ1v) is 13.5. The molecule has 1 aliphatic rings. The maximum Gasteiger partial charge on any atom is 0.344 e. The number of thioether (sulfide) groups is 1. The Kier molecular flexibility index (Phi) is 9.52. The van der Waals surface area contributed by atoms with Crippen LogP contribution in [-0.2, 0) is 14.3 Å². The van der Waals surface area contributed by atoms with Crippen LogP contribution in [0, 0.1) is 5.82 Å². The summed E-state index contributed by atoms with van der Waals surface area (Å²) in [5.74, 6) is -0.870. The Bertz CT molecular complexity index is 1480. The molecular weight excluding hydrogens is 555 g/mol. The van der Waals surface area contributed by atoms with Crippen LogP contribution >= 0.6 is 24.0 Å². The van der Waals surface area contributed by atoms with Crippen LogP contribution in [0.15, 0.2) is 71.6 Å². The summed E-state index contributed by atoms with van der Waals surface area (Å²) in [6.45, 7) is 3.90. The molecule has 1 fully saturated rings. The second-order valence-corrected chi connectivity index (χ2v) is 9.94. The first-order chi connectivity index (χ1) is 19.3. The number of benzene rings is 3. The molecule has 0 aromatic heterocycles. The summed E-state index contributed by atoms with van der Waals surface area (Å²) in [7, 11) is 0. The molecule has 206 valence electrons. The SMILES string of the molecule is CCOC(=O)COc1ccc(/C=C2/SC(=S)N(c3cccc(C(=O)Nc4ccc(F)cc4)c3)C2=O)cc1OCC. The summed E-state index contributed by atoms with van der Waals surface area (Å²) >= 11 is 6.62. The van der Waals surface area contributed by atoms with Crippen molar-refractivity contribution in [2.45, 2.75) is 13.8 Å². The molecule has 3 aromatic carbocycles. The van der Waals surface area contributed by atoms with E-state index in [-0.39, 0.29) is 19.1 Å². The molecule has 40 heavy (non-hydrogen) atoms. The minimum absolute atomic E-state index is 0.255. The molecule has 4 rings (SSSR count). The zero-order valence-electron chi connectivity index (χ0n) is 21.6. The van der Waals surface area contributed by atoms with Gasteiger partial charge in [-0.2, -0.15) is 0 Å². The molecule has 8 nitrogen and oxygen atoms in total. The summed E-state index contributed by atoms with van der Waals surface area (Å²) in [6.07, 6.45) is 1.68. The number of hydrogen-bond donors (Lipinski definition) is 1. The number of anilines is 2. The van der Waals surface area contributed by atoms with E-state index in [0.29, 0.717) is 49.8 Å². The molecule has 0 aliphatic carbocycles. The number of amides is 2. The number of hydrogen-bond acceptors (Lipinski definition) is 8. The number of nitrogens with one attached hydrogen (secondary N) is 1. The fourth-order valence-electron chi connectivity index (χ4n) is 3.71. The van der Waals surface area contributed by atoms with Gasteiger partial charge in [0.25, 0.3) is 11.8 Å². The van der Waals surface area contributed by atoms with E-state index in [2.05, 4.69) is 5.32 Å². The van der Waals surface area contributed by atoms with E-state index in [4.69, 9.17) is 26.4 Å². The second-order valence-electron chi connectivity index (χ2n) is 8.26. The number of halogens is 1. The van der Waals surface area contributed by atoms with Crippen molar-refractivity contribution in [3.8, 4) is 11.5 Å². The Morgan fingerprint density at radius 3 is 2.50 bits per heavy atom. The van der Waals surface area contributed by atoms with Gasteiger partial charge in [-0.1, -0.05) is 36.1 Å². The van der Waals surface area contributed by atoms with Crippen molar-refractivity contribution in [1.29, 1.82) is 0 Å². The van der Waals surface area contributed by atoms with E-state index in [1.807, 2.05) is 6.92 Å². The van der Waals surface area contributed by atoms with Gasteiger partial charge in [-0.3, -0.25) is 14.5 Å². The predicted octanol–water partition coefficient (Wildman–Crippen LogP) is 5.82. The molecular formula is C29H25FN2O6S2. The lowest BCUT2D eigenvalue weighted by Gasteiger charge is -2.15. The quantitative estimate of drug-likeness (QED) is 0.182. The Morgan fingerprint density at radius 1 is 1.00 bits per heavy atom. The fraction of sp³-hybridized carbons (Fsp3) is 0.172. The number of carbonyl (C=O) groups is 3. The molecule has 0 spiro atoms. The van der Waals surface area contributed by atoms with Crippen LogP contribution in [0.2, 0.25) is 0 Å². The minimum atomic E-state index is -0.491. The molecule has 3 aromatic rings. The maximum absolute atomic E-state index is 13.3. The summed E-state index contributed by atoms with van der Waals surface area (Å²) in [5, 5.41) is 2.70. The second kappa shape index (κ2) is 13.2. The standard InChI is InChI=1S/C29H25FN2O6S2/c1-3-36-24-14-18(8-13-23(24)38-17-26(33)37-4-2)15-25-28(35)32(29(39)40-25)22-7-5-6-19(16-22)27(34)31-21-11-9-20(30)10-12-21/h5-16H,3-4,17H2,1-2H3,(H,31,34)/b25-15+. The molecule has 1 saturated heterocycles. The molecule has 2 amide bonds. The van der Waals surface area contributed by atoms with E-state index >= 15 is 0 Å². The van der Waals surface area contributed by atoms with Gasteiger partial charge in [0.1, 0.15) is 5.82 Å². The first kappa shape index (κ1) is 28.8. The summed E-state index contributed by atoms with van der Waals surface area (Å²) in [6, 6.07) is 17.0. The predicted molar refractivity (Wildman–Crippen MR) is 156 cm³/mol. The molecule has 0 bridgehead atoms.